The van der Waals surface area contributed by atoms with Gasteiger partial charge in [-0.1, -0.05) is 6.07 Å². The van der Waals surface area contributed by atoms with E-state index in [1.165, 1.54) is 0 Å². The SMILES string of the molecule is O=C=NC1(c2ccc3c(c2)[nH]c(=O)n3C2CC2)CC1. The molecular weight excluding hydrogens is 242 g/mol. The van der Waals surface area contributed by atoms with Crippen LogP contribution in [0.15, 0.2) is 28.0 Å². The van der Waals surface area contributed by atoms with E-state index < -0.39 is 0 Å². The van der Waals surface area contributed by atoms with E-state index in [2.05, 4.69) is 9.98 Å². The van der Waals surface area contributed by atoms with Crippen molar-refractivity contribution in [2.75, 3.05) is 0 Å². The molecule has 0 aliphatic heterocycles. The second-order valence-corrected chi connectivity index (χ2v) is 5.50. The van der Waals surface area contributed by atoms with Crippen LogP contribution in [0.2, 0.25) is 0 Å². The summed E-state index contributed by atoms with van der Waals surface area (Å²) in [5.41, 5.74) is 2.35. The van der Waals surface area contributed by atoms with Crippen LogP contribution < -0.4 is 5.69 Å². The molecule has 0 unspecified atom stereocenters. The molecule has 2 aliphatic carbocycles. The van der Waals surface area contributed by atoms with Gasteiger partial charge in [-0.3, -0.25) is 4.57 Å². The number of nitrogens with zero attached hydrogens (tertiary/aromatic N) is 2. The highest BCUT2D eigenvalue weighted by atomic mass is 16.1. The van der Waals surface area contributed by atoms with E-state index in [-0.39, 0.29) is 11.2 Å². The van der Waals surface area contributed by atoms with Gasteiger partial charge in [0.15, 0.2) is 0 Å². The number of imidazole rings is 1. The van der Waals surface area contributed by atoms with Gasteiger partial charge in [0.25, 0.3) is 0 Å². The average Bonchev–Trinajstić information content (AvgIpc) is 3.29. The number of aliphatic imine (C=N–C) groups is 1. The summed E-state index contributed by atoms with van der Waals surface area (Å²) in [5, 5.41) is 0. The summed E-state index contributed by atoms with van der Waals surface area (Å²) in [6.45, 7) is 0. The molecule has 0 atom stereocenters. The Kier molecular flexibility index (Phi) is 1.96. The van der Waals surface area contributed by atoms with Crippen molar-refractivity contribution in [1.29, 1.82) is 0 Å². The van der Waals surface area contributed by atoms with Gasteiger partial charge in [0.1, 0.15) is 0 Å². The number of hydrogen-bond donors (Lipinski definition) is 1. The van der Waals surface area contributed by atoms with E-state index in [9.17, 15) is 9.59 Å². The molecule has 4 rings (SSSR count). The van der Waals surface area contributed by atoms with Gasteiger partial charge in [-0.2, -0.15) is 4.99 Å². The summed E-state index contributed by atoms with van der Waals surface area (Å²) in [5.74, 6) is 0. The first-order valence-corrected chi connectivity index (χ1v) is 6.57. The summed E-state index contributed by atoms with van der Waals surface area (Å²) in [6.07, 6.45) is 5.57. The topological polar surface area (TPSA) is 67.2 Å². The van der Waals surface area contributed by atoms with Gasteiger partial charge >= 0.3 is 5.69 Å². The predicted molar refractivity (Wildman–Crippen MR) is 69.9 cm³/mol. The molecule has 2 aliphatic rings. The van der Waals surface area contributed by atoms with Crippen molar-refractivity contribution >= 4 is 17.1 Å². The van der Waals surface area contributed by atoms with Crippen molar-refractivity contribution in [3.05, 3.63) is 34.2 Å². The van der Waals surface area contributed by atoms with E-state index in [0.717, 1.165) is 42.3 Å². The van der Waals surface area contributed by atoms with Gasteiger partial charge in [0, 0.05) is 6.04 Å². The zero-order chi connectivity index (χ0) is 13.0. The van der Waals surface area contributed by atoms with E-state index in [0.29, 0.717) is 6.04 Å². The monoisotopic (exact) mass is 255 g/mol. The molecule has 96 valence electrons. The largest absolute Gasteiger partial charge is 0.326 e. The Balaban J connectivity index is 1.89. The number of H-pyrrole nitrogens is 1. The van der Waals surface area contributed by atoms with Crippen molar-refractivity contribution in [2.24, 2.45) is 4.99 Å². The Labute approximate surface area is 109 Å². The Morgan fingerprint density at radius 3 is 2.79 bits per heavy atom. The summed E-state index contributed by atoms with van der Waals surface area (Å²) >= 11 is 0. The standard InChI is InChI=1S/C14H13N3O2/c18-8-15-14(5-6-14)9-1-4-12-11(7-9)16-13(19)17(12)10-2-3-10/h1,4,7,10H,2-3,5-6H2,(H,16,19). The molecule has 2 saturated carbocycles. The molecule has 19 heavy (non-hydrogen) atoms. The first-order valence-electron chi connectivity index (χ1n) is 6.57. The lowest BCUT2D eigenvalue weighted by atomic mass is 10.1. The second kappa shape index (κ2) is 3.45. The fourth-order valence-corrected chi connectivity index (χ4v) is 2.79. The number of carbonyl (C=O) groups excluding carboxylic acids is 1. The third-order valence-corrected chi connectivity index (χ3v) is 4.15. The fraction of sp³-hybridized carbons (Fsp3) is 0.429. The van der Waals surface area contributed by atoms with Crippen LogP contribution in [0.4, 0.5) is 0 Å². The molecule has 0 amide bonds. The molecule has 5 heteroatoms. The summed E-state index contributed by atoms with van der Waals surface area (Å²) in [6, 6.07) is 6.24. The molecule has 2 fully saturated rings. The maximum Gasteiger partial charge on any atom is 0.326 e. The number of aromatic amines is 1. The first-order chi connectivity index (χ1) is 9.23. The Morgan fingerprint density at radius 1 is 1.37 bits per heavy atom. The number of fused-ring (bicyclic) bond motifs is 1. The summed E-state index contributed by atoms with van der Waals surface area (Å²) in [4.78, 5) is 29.3. The van der Waals surface area contributed by atoms with Gasteiger partial charge in [0.05, 0.1) is 16.6 Å². The Morgan fingerprint density at radius 2 is 2.16 bits per heavy atom. The van der Waals surface area contributed by atoms with E-state index >= 15 is 0 Å². The zero-order valence-electron chi connectivity index (χ0n) is 10.3. The lowest BCUT2D eigenvalue weighted by Crippen LogP contribution is -2.14. The minimum Gasteiger partial charge on any atom is -0.306 e. The maximum atomic E-state index is 11.9. The number of benzene rings is 1. The van der Waals surface area contributed by atoms with Crippen molar-refractivity contribution in [3.8, 4) is 0 Å². The molecule has 0 saturated heterocycles. The lowest BCUT2D eigenvalue weighted by molar-refractivity contribution is 0.556. The third kappa shape index (κ3) is 1.52. The quantitative estimate of drug-likeness (QED) is 0.673. The number of nitrogens with one attached hydrogen (secondary N) is 1. The lowest BCUT2D eigenvalue weighted by Gasteiger charge is -2.08. The molecular formula is C14H13N3O2. The van der Waals surface area contributed by atoms with Crippen LogP contribution in [0.5, 0.6) is 0 Å². The van der Waals surface area contributed by atoms with Gasteiger partial charge < -0.3 is 4.98 Å². The molecule has 1 aromatic carbocycles. The Bertz CT molecular complexity index is 772. The minimum atomic E-state index is -0.380. The van der Waals surface area contributed by atoms with Gasteiger partial charge in [-0.25, -0.2) is 9.59 Å². The molecule has 1 aromatic heterocycles. The molecule has 2 aromatic rings. The van der Waals surface area contributed by atoms with Crippen LogP contribution in [0.1, 0.15) is 37.3 Å². The molecule has 0 spiro atoms. The number of isocyanates is 1. The highest BCUT2D eigenvalue weighted by Crippen LogP contribution is 2.49. The zero-order valence-corrected chi connectivity index (χ0v) is 10.3. The fourth-order valence-electron chi connectivity index (χ4n) is 2.79. The van der Waals surface area contributed by atoms with Crippen LogP contribution in [0.3, 0.4) is 0 Å². The average molecular weight is 255 g/mol. The van der Waals surface area contributed by atoms with Crippen LogP contribution in [0, 0.1) is 0 Å². The molecule has 1 heterocycles. The summed E-state index contributed by atoms with van der Waals surface area (Å²) in [7, 11) is 0. The number of rotatable bonds is 3. The minimum absolute atomic E-state index is 0.0432. The molecule has 1 N–H and O–H groups in total. The first kappa shape index (κ1) is 10.8. The van der Waals surface area contributed by atoms with Gasteiger partial charge in [-0.15, -0.1) is 0 Å². The summed E-state index contributed by atoms with van der Waals surface area (Å²) < 4.78 is 1.83. The second-order valence-electron chi connectivity index (χ2n) is 5.50. The third-order valence-electron chi connectivity index (χ3n) is 4.15. The molecule has 5 nitrogen and oxygen atoms in total. The molecule has 0 radical (unpaired) electrons. The van der Waals surface area contributed by atoms with Crippen molar-refractivity contribution in [2.45, 2.75) is 37.3 Å². The van der Waals surface area contributed by atoms with Crippen LogP contribution >= 0.6 is 0 Å². The van der Waals surface area contributed by atoms with Crippen LogP contribution in [-0.4, -0.2) is 15.6 Å². The van der Waals surface area contributed by atoms with E-state index in [4.69, 9.17) is 0 Å². The van der Waals surface area contributed by atoms with Gasteiger partial charge in [-0.05, 0) is 43.4 Å². The van der Waals surface area contributed by atoms with Gasteiger partial charge in [0.2, 0.25) is 6.08 Å². The predicted octanol–water partition coefficient (Wildman–Crippen LogP) is 1.99. The number of hydrogen-bond acceptors (Lipinski definition) is 3. The van der Waals surface area contributed by atoms with E-state index in [1.54, 1.807) is 6.08 Å². The van der Waals surface area contributed by atoms with Crippen molar-refractivity contribution in [1.82, 2.24) is 9.55 Å². The van der Waals surface area contributed by atoms with Crippen molar-refractivity contribution in [3.63, 3.8) is 0 Å². The van der Waals surface area contributed by atoms with Crippen LogP contribution in [-0.2, 0) is 10.3 Å². The highest BCUT2D eigenvalue weighted by Gasteiger charge is 2.45. The number of aromatic nitrogens is 2. The van der Waals surface area contributed by atoms with Crippen molar-refractivity contribution < 1.29 is 4.79 Å². The van der Waals surface area contributed by atoms with E-state index in [1.807, 2.05) is 22.8 Å². The normalized spacial score (nSPS) is 20.2. The highest BCUT2D eigenvalue weighted by molar-refractivity contribution is 5.77. The van der Waals surface area contributed by atoms with Crippen LogP contribution in [0.25, 0.3) is 11.0 Å². The maximum absolute atomic E-state index is 11.9. The Hall–Kier alpha value is -2.13. The smallest absolute Gasteiger partial charge is 0.306 e. The molecule has 0 bridgehead atoms.